The molecule has 0 radical (unpaired) electrons. The number of carboxylic acid groups (broad SMARTS) is 1. The van der Waals surface area contributed by atoms with E-state index in [2.05, 4.69) is 0 Å². The number of hydrogen-bond donors (Lipinski definition) is 2. The van der Waals surface area contributed by atoms with E-state index in [-0.39, 0.29) is 0 Å². The zero-order chi connectivity index (χ0) is 7.65. The molecule has 0 aliphatic rings. The quantitative estimate of drug-likeness (QED) is 0.562. The van der Waals surface area contributed by atoms with Crippen molar-refractivity contribution in [1.82, 2.24) is 0 Å². The van der Waals surface area contributed by atoms with Crippen LogP contribution in [0.15, 0.2) is 0 Å². The first-order valence-corrected chi connectivity index (χ1v) is 2.91. The molecular formula is C5H10ClNO2. The predicted molar refractivity (Wildman–Crippen MR) is 35.5 cm³/mol. The number of aliphatic carboxylic acids is 1. The molecule has 0 saturated heterocycles. The number of carbonyl (C=O) groups is 1. The summed E-state index contributed by atoms with van der Waals surface area (Å²) in [4.78, 5) is 9.27. The molecule has 0 amide bonds. The number of alkyl halides is 1. The van der Waals surface area contributed by atoms with Crippen molar-refractivity contribution in [2.45, 2.75) is 24.8 Å². The van der Waals surface area contributed by atoms with E-state index in [1.54, 1.807) is 13.8 Å². The predicted octanol–water partition coefficient (Wildman–Crippen LogP) is 0.416. The third-order valence-corrected chi connectivity index (χ3v) is 1.24. The standard InChI is InChI=1S/C5H10ClNO2/c1-5(2,6)3(7)4(8)9/h3H,7H2,1-2H3,(H,8,9)/t3-/m1/s1. The zero-order valence-electron chi connectivity index (χ0n) is 5.39. The molecule has 3 N–H and O–H groups in total. The van der Waals surface area contributed by atoms with Gasteiger partial charge in [-0.3, -0.25) is 4.79 Å². The molecule has 0 aliphatic heterocycles. The Labute approximate surface area is 58.8 Å². The van der Waals surface area contributed by atoms with Crippen molar-refractivity contribution < 1.29 is 9.90 Å². The lowest BCUT2D eigenvalue weighted by Crippen LogP contribution is -2.45. The highest BCUT2D eigenvalue weighted by Gasteiger charge is 2.29. The second kappa shape index (κ2) is 2.54. The minimum absolute atomic E-state index is 0.869. The SMILES string of the molecule is CC(C)(Cl)[C@H](N)C(=O)O. The summed E-state index contributed by atoms with van der Waals surface area (Å²) < 4.78 is 0. The molecule has 1 atom stereocenters. The smallest absolute Gasteiger partial charge is 0.322 e. The Kier molecular flexibility index (Phi) is 2.46. The van der Waals surface area contributed by atoms with Gasteiger partial charge in [0.25, 0.3) is 0 Å². The normalized spacial score (nSPS) is 15.1. The maximum Gasteiger partial charge on any atom is 0.322 e. The minimum atomic E-state index is -1.07. The molecule has 0 heterocycles. The van der Waals surface area contributed by atoms with Gasteiger partial charge in [-0.2, -0.15) is 0 Å². The summed E-state index contributed by atoms with van der Waals surface area (Å²) in [7, 11) is 0. The number of halogens is 1. The van der Waals surface area contributed by atoms with Crippen LogP contribution >= 0.6 is 11.6 Å². The summed E-state index contributed by atoms with van der Waals surface area (Å²) in [5, 5.41) is 8.31. The molecular weight excluding hydrogens is 142 g/mol. The Morgan fingerprint density at radius 1 is 1.78 bits per heavy atom. The maximum atomic E-state index is 10.1. The van der Waals surface area contributed by atoms with Crippen molar-refractivity contribution in [2.24, 2.45) is 5.73 Å². The Hall–Kier alpha value is -0.280. The van der Waals surface area contributed by atoms with E-state index in [9.17, 15) is 4.79 Å². The first-order chi connectivity index (χ1) is 3.85. The van der Waals surface area contributed by atoms with Crippen LogP contribution in [0.2, 0.25) is 0 Å². The fraction of sp³-hybridized carbons (Fsp3) is 0.800. The molecule has 0 aromatic carbocycles. The van der Waals surface area contributed by atoms with Gasteiger partial charge < -0.3 is 10.8 Å². The molecule has 0 fully saturated rings. The molecule has 0 aromatic heterocycles. The van der Waals surface area contributed by atoms with Gasteiger partial charge in [0.05, 0.1) is 4.87 Å². The summed E-state index contributed by atoms with van der Waals surface area (Å²) in [5.74, 6) is -1.07. The molecule has 3 nitrogen and oxygen atoms in total. The lowest BCUT2D eigenvalue weighted by atomic mass is 10.1. The monoisotopic (exact) mass is 151 g/mol. The van der Waals surface area contributed by atoms with Crippen molar-refractivity contribution in [2.75, 3.05) is 0 Å². The van der Waals surface area contributed by atoms with Crippen LogP contribution in [0, 0.1) is 0 Å². The molecule has 0 bridgehead atoms. The molecule has 0 unspecified atom stereocenters. The van der Waals surface area contributed by atoms with Gasteiger partial charge >= 0.3 is 5.97 Å². The van der Waals surface area contributed by atoms with Crippen LogP contribution in [0.25, 0.3) is 0 Å². The van der Waals surface area contributed by atoms with E-state index in [0.717, 1.165) is 0 Å². The van der Waals surface area contributed by atoms with Gasteiger partial charge in [-0.1, -0.05) is 0 Å². The summed E-state index contributed by atoms with van der Waals surface area (Å²) in [6, 6.07) is -1.00. The van der Waals surface area contributed by atoms with Crippen molar-refractivity contribution >= 4 is 17.6 Å². The average molecular weight is 152 g/mol. The van der Waals surface area contributed by atoms with E-state index in [1.807, 2.05) is 0 Å². The molecule has 0 aromatic rings. The zero-order valence-corrected chi connectivity index (χ0v) is 6.14. The fourth-order valence-electron chi connectivity index (χ4n) is 0.294. The minimum Gasteiger partial charge on any atom is -0.480 e. The van der Waals surface area contributed by atoms with Crippen LogP contribution in [0.3, 0.4) is 0 Å². The van der Waals surface area contributed by atoms with Gasteiger partial charge in [-0.05, 0) is 13.8 Å². The highest BCUT2D eigenvalue weighted by molar-refractivity contribution is 6.25. The first kappa shape index (κ1) is 8.72. The van der Waals surface area contributed by atoms with Crippen molar-refractivity contribution in [1.29, 1.82) is 0 Å². The van der Waals surface area contributed by atoms with Crippen molar-refractivity contribution in [3.63, 3.8) is 0 Å². The van der Waals surface area contributed by atoms with Crippen molar-refractivity contribution in [3.05, 3.63) is 0 Å². The molecule has 54 valence electrons. The van der Waals surface area contributed by atoms with E-state index in [4.69, 9.17) is 22.4 Å². The Balaban J connectivity index is 4.04. The second-order valence-electron chi connectivity index (χ2n) is 2.38. The van der Waals surface area contributed by atoms with Gasteiger partial charge in [0, 0.05) is 0 Å². The van der Waals surface area contributed by atoms with Gasteiger partial charge in [-0.15, -0.1) is 11.6 Å². The molecule has 9 heavy (non-hydrogen) atoms. The van der Waals surface area contributed by atoms with Crippen LogP contribution in [-0.2, 0) is 4.79 Å². The van der Waals surface area contributed by atoms with Crippen molar-refractivity contribution in [3.8, 4) is 0 Å². The highest BCUT2D eigenvalue weighted by Crippen LogP contribution is 2.15. The lowest BCUT2D eigenvalue weighted by Gasteiger charge is -2.19. The topological polar surface area (TPSA) is 63.3 Å². The lowest BCUT2D eigenvalue weighted by molar-refractivity contribution is -0.139. The number of rotatable bonds is 2. The van der Waals surface area contributed by atoms with Crippen LogP contribution in [0.1, 0.15) is 13.8 Å². The Bertz CT molecular complexity index is 119. The summed E-state index contributed by atoms with van der Waals surface area (Å²) >= 11 is 5.57. The van der Waals surface area contributed by atoms with Gasteiger partial charge in [0.1, 0.15) is 6.04 Å². The second-order valence-corrected chi connectivity index (χ2v) is 3.35. The maximum absolute atomic E-state index is 10.1. The van der Waals surface area contributed by atoms with Crippen LogP contribution in [0.4, 0.5) is 0 Å². The number of carboxylic acids is 1. The molecule has 4 heteroatoms. The largest absolute Gasteiger partial charge is 0.480 e. The third kappa shape index (κ3) is 2.67. The van der Waals surface area contributed by atoms with E-state index in [0.29, 0.717) is 0 Å². The van der Waals surface area contributed by atoms with Gasteiger partial charge in [-0.25, -0.2) is 0 Å². The summed E-state index contributed by atoms with van der Waals surface area (Å²) in [5.41, 5.74) is 5.16. The van der Waals surface area contributed by atoms with Gasteiger partial charge in [0.15, 0.2) is 0 Å². The number of nitrogens with two attached hydrogens (primary N) is 1. The highest BCUT2D eigenvalue weighted by atomic mass is 35.5. The first-order valence-electron chi connectivity index (χ1n) is 2.53. The summed E-state index contributed by atoms with van der Waals surface area (Å²) in [6.45, 7) is 3.13. The van der Waals surface area contributed by atoms with Crippen LogP contribution < -0.4 is 5.73 Å². The fourth-order valence-corrected chi connectivity index (χ4v) is 0.387. The van der Waals surface area contributed by atoms with Gasteiger partial charge in [0.2, 0.25) is 0 Å². The third-order valence-electron chi connectivity index (χ3n) is 1.01. The van der Waals surface area contributed by atoms with Crippen LogP contribution in [0.5, 0.6) is 0 Å². The average Bonchev–Trinajstić information content (AvgIpc) is 1.62. The molecule has 0 saturated carbocycles. The Morgan fingerprint density at radius 3 is 2.11 bits per heavy atom. The van der Waals surface area contributed by atoms with E-state index < -0.39 is 16.9 Å². The van der Waals surface area contributed by atoms with E-state index in [1.165, 1.54) is 0 Å². The van der Waals surface area contributed by atoms with E-state index >= 15 is 0 Å². The summed E-state index contributed by atoms with van der Waals surface area (Å²) in [6.07, 6.45) is 0. The molecule has 0 spiro atoms. The Morgan fingerprint density at radius 2 is 2.11 bits per heavy atom. The molecule has 0 aliphatic carbocycles. The van der Waals surface area contributed by atoms with Crippen LogP contribution in [-0.4, -0.2) is 22.0 Å². The molecule has 0 rings (SSSR count). The number of hydrogen-bond acceptors (Lipinski definition) is 2.